The molecule has 3 rings (SSSR count). The van der Waals surface area contributed by atoms with Crippen molar-refractivity contribution in [3.05, 3.63) is 71.8 Å². The summed E-state index contributed by atoms with van der Waals surface area (Å²) >= 11 is 0. The number of hydrogen-bond acceptors (Lipinski definition) is 4. The molecular weight excluding hydrogens is 292 g/mol. The zero-order chi connectivity index (χ0) is 15.9. The van der Waals surface area contributed by atoms with Crippen molar-refractivity contribution in [2.45, 2.75) is 38.1 Å². The highest BCUT2D eigenvalue weighted by Crippen LogP contribution is 2.22. The number of aliphatic hydroxyl groups is 1. The molecule has 2 aromatic rings. The Kier molecular flexibility index (Phi) is 5.77. The summed E-state index contributed by atoms with van der Waals surface area (Å²) in [6.07, 6.45) is -0.896. The molecule has 1 fully saturated rings. The quantitative estimate of drug-likeness (QED) is 0.890. The van der Waals surface area contributed by atoms with Crippen LogP contribution in [0.5, 0.6) is 0 Å². The van der Waals surface area contributed by atoms with E-state index >= 15 is 0 Å². The Morgan fingerprint density at radius 2 is 1.43 bits per heavy atom. The lowest BCUT2D eigenvalue weighted by molar-refractivity contribution is -0.249. The lowest BCUT2D eigenvalue weighted by Crippen LogP contribution is -2.47. The van der Waals surface area contributed by atoms with Gasteiger partial charge in [0.2, 0.25) is 0 Å². The minimum Gasteiger partial charge on any atom is -0.371 e. The van der Waals surface area contributed by atoms with E-state index in [1.54, 1.807) is 0 Å². The number of aliphatic hydroxyl groups excluding tert-OH is 1. The summed E-state index contributed by atoms with van der Waals surface area (Å²) in [7, 11) is 0. The highest BCUT2D eigenvalue weighted by molar-refractivity contribution is 5.14. The first-order chi connectivity index (χ1) is 11.3. The van der Waals surface area contributed by atoms with E-state index in [1.165, 1.54) is 0 Å². The molecule has 0 bridgehead atoms. The van der Waals surface area contributed by atoms with Crippen LogP contribution in [0.2, 0.25) is 0 Å². The van der Waals surface area contributed by atoms with Gasteiger partial charge in [-0.15, -0.1) is 0 Å². The molecule has 4 nitrogen and oxygen atoms in total. The Balaban J connectivity index is 1.58. The van der Waals surface area contributed by atoms with Gasteiger partial charge in [0.05, 0.1) is 25.9 Å². The van der Waals surface area contributed by atoms with Gasteiger partial charge >= 0.3 is 0 Å². The zero-order valence-electron chi connectivity index (χ0n) is 13.0. The number of hydrogen-bond donors (Lipinski definition) is 1. The third kappa shape index (κ3) is 4.62. The van der Waals surface area contributed by atoms with Crippen LogP contribution in [0.1, 0.15) is 17.5 Å². The maximum Gasteiger partial charge on any atom is 0.183 e. The highest BCUT2D eigenvalue weighted by Gasteiger charge is 2.34. The van der Waals surface area contributed by atoms with Crippen molar-refractivity contribution in [1.29, 1.82) is 0 Å². The minimum atomic E-state index is -0.951. The van der Waals surface area contributed by atoms with E-state index < -0.39 is 12.4 Å². The zero-order valence-corrected chi connectivity index (χ0v) is 13.0. The molecule has 0 amide bonds. The topological polar surface area (TPSA) is 47.9 Å². The Morgan fingerprint density at radius 1 is 0.870 bits per heavy atom. The summed E-state index contributed by atoms with van der Waals surface area (Å²) in [5, 5.41) is 10.1. The van der Waals surface area contributed by atoms with E-state index in [1.807, 2.05) is 60.7 Å². The molecule has 1 heterocycles. The first kappa shape index (κ1) is 16.1. The second kappa shape index (κ2) is 8.22. The summed E-state index contributed by atoms with van der Waals surface area (Å²) in [5.74, 6) is 0. The van der Waals surface area contributed by atoms with Crippen molar-refractivity contribution >= 4 is 0 Å². The number of ether oxygens (including phenoxy) is 3. The standard InChI is InChI=1S/C19H22O4/c20-19-18(23-14-16-9-5-2-6-10-16)17(11-12-21-19)22-13-15-7-3-1-4-8-15/h1-10,17-20H,11-14H2/t17-,18+,19-/m1/s1. The van der Waals surface area contributed by atoms with Gasteiger partial charge in [-0.2, -0.15) is 0 Å². The molecule has 1 aliphatic heterocycles. The third-order valence-electron chi connectivity index (χ3n) is 3.93. The second-order valence-corrected chi connectivity index (χ2v) is 5.65. The van der Waals surface area contributed by atoms with E-state index in [0.717, 1.165) is 11.1 Å². The van der Waals surface area contributed by atoms with Gasteiger partial charge in [-0.25, -0.2) is 0 Å². The first-order valence-electron chi connectivity index (χ1n) is 7.93. The maximum atomic E-state index is 10.1. The van der Waals surface area contributed by atoms with Gasteiger partial charge in [-0.1, -0.05) is 60.7 Å². The molecule has 0 saturated carbocycles. The average Bonchev–Trinajstić information content (AvgIpc) is 2.61. The van der Waals surface area contributed by atoms with E-state index in [2.05, 4.69) is 0 Å². The van der Waals surface area contributed by atoms with E-state index in [-0.39, 0.29) is 6.10 Å². The summed E-state index contributed by atoms with van der Waals surface area (Å²) < 4.78 is 17.2. The molecular formula is C19H22O4. The lowest BCUT2D eigenvalue weighted by atomic mass is 10.1. The van der Waals surface area contributed by atoms with Crippen LogP contribution in [0.15, 0.2) is 60.7 Å². The van der Waals surface area contributed by atoms with Crippen LogP contribution >= 0.6 is 0 Å². The normalized spacial score (nSPS) is 24.5. The molecule has 23 heavy (non-hydrogen) atoms. The van der Waals surface area contributed by atoms with Crippen molar-refractivity contribution in [2.75, 3.05) is 6.61 Å². The summed E-state index contributed by atoms with van der Waals surface area (Å²) in [5.41, 5.74) is 2.17. The van der Waals surface area contributed by atoms with Crippen LogP contribution in [-0.2, 0) is 27.4 Å². The molecule has 2 aromatic carbocycles. The molecule has 0 aromatic heterocycles. The van der Waals surface area contributed by atoms with Crippen molar-refractivity contribution in [1.82, 2.24) is 0 Å². The first-order valence-corrected chi connectivity index (χ1v) is 7.93. The van der Waals surface area contributed by atoms with Gasteiger partial charge in [0.15, 0.2) is 6.29 Å². The summed E-state index contributed by atoms with van der Waals surface area (Å²) in [4.78, 5) is 0. The van der Waals surface area contributed by atoms with Crippen LogP contribution < -0.4 is 0 Å². The Hall–Kier alpha value is -1.72. The number of benzene rings is 2. The van der Waals surface area contributed by atoms with Gasteiger partial charge in [-0.3, -0.25) is 0 Å². The molecule has 122 valence electrons. The molecule has 1 aliphatic rings. The van der Waals surface area contributed by atoms with E-state index in [4.69, 9.17) is 14.2 Å². The molecule has 4 heteroatoms. The fourth-order valence-electron chi connectivity index (χ4n) is 2.66. The lowest BCUT2D eigenvalue weighted by Gasteiger charge is -2.35. The second-order valence-electron chi connectivity index (χ2n) is 5.65. The van der Waals surface area contributed by atoms with Crippen molar-refractivity contribution in [3.8, 4) is 0 Å². The Bertz CT molecular complexity index is 572. The molecule has 0 spiro atoms. The van der Waals surface area contributed by atoms with Crippen LogP contribution in [0.4, 0.5) is 0 Å². The fraction of sp³-hybridized carbons (Fsp3) is 0.368. The van der Waals surface area contributed by atoms with Gasteiger partial charge in [0.1, 0.15) is 6.10 Å². The van der Waals surface area contributed by atoms with Crippen molar-refractivity contribution < 1.29 is 19.3 Å². The highest BCUT2D eigenvalue weighted by atomic mass is 16.6. The van der Waals surface area contributed by atoms with Crippen LogP contribution in [0.3, 0.4) is 0 Å². The third-order valence-corrected chi connectivity index (χ3v) is 3.93. The number of rotatable bonds is 6. The fourth-order valence-corrected chi connectivity index (χ4v) is 2.66. The Morgan fingerprint density at radius 3 is 2.04 bits per heavy atom. The summed E-state index contributed by atoms with van der Waals surface area (Å²) in [6.45, 7) is 1.41. The van der Waals surface area contributed by atoms with Crippen molar-refractivity contribution in [2.24, 2.45) is 0 Å². The smallest absolute Gasteiger partial charge is 0.183 e. The maximum absolute atomic E-state index is 10.1. The molecule has 1 saturated heterocycles. The van der Waals surface area contributed by atoms with Gasteiger partial charge < -0.3 is 19.3 Å². The van der Waals surface area contributed by atoms with Gasteiger partial charge in [-0.05, 0) is 17.5 Å². The van der Waals surface area contributed by atoms with Crippen LogP contribution in [-0.4, -0.2) is 30.2 Å². The van der Waals surface area contributed by atoms with Gasteiger partial charge in [0.25, 0.3) is 0 Å². The van der Waals surface area contributed by atoms with Gasteiger partial charge in [0, 0.05) is 0 Å². The van der Waals surface area contributed by atoms with Crippen LogP contribution in [0, 0.1) is 0 Å². The van der Waals surface area contributed by atoms with Crippen molar-refractivity contribution in [3.63, 3.8) is 0 Å². The largest absolute Gasteiger partial charge is 0.371 e. The average molecular weight is 314 g/mol. The van der Waals surface area contributed by atoms with Crippen LogP contribution in [0.25, 0.3) is 0 Å². The molecule has 0 radical (unpaired) electrons. The van der Waals surface area contributed by atoms with E-state index in [0.29, 0.717) is 26.2 Å². The SMILES string of the molecule is O[C@@H]1OCC[C@@H](OCc2ccccc2)[C@@H]1OCc1ccccc1. The Labute approximate surface area is 136 Å². The molecule has 0 unspecified atom stereocenters. The van der Waals surface area contributed by atoms with E-state index in [9.17, 15) is 5.11 Å². The minimum absolute atomic E-state index is 0.178. The molecule has 1 N–H and O–H groups in total. The monoisotopic (exact) mass is 314 g/mol. The molecule has 3 atom stereocenters. The molecule has 0 aliphatic carbocycles. The summed E-state index contributed by atoms with van der Waals surface area (Å²) in [6, 6.07) is 19.9. The predicted molar refractivity (Wildman–Crippen MR) is 86.6 cm³/mol. The predicted octanol–water partition coefficient (Wildman–Crippen LogP) is 2.90.